The molecule has 0 unspecified atom stereocenters. The first-order chi connectivity index (χ1) is 12.0. The van der Waals surface area contributed by atoms with E-state index >= 15 is 0 Å². The Morgan fingerprint density at radius 3 is 1.65 bits per heavy atom. The highest BCUT2D eigenvalue weighted by molar-refractivity contribution is 5.74. The van der Waals surface area contributed by atoms with E-state index in [4.69, 9.17) is 0 Å². The Morgan fingerprint density at radius 2 is 1.27 bits per heavy atom. The molecule has 0 radical (unpaired) electrons. The van der Waals surface area contributed by atoms with Gasteiger partial charge in [0.2, 0.25) is 11.8 Å². The van der Waals surface area contributed by atoms with Crippen molar-refractivity contribution in [1.29, 1.82) is 0 Å². The average Bonchev–Trinajstić information content (AvgIpc) is 2.48. The average molecular weight is 362 g/mol. The van der Waals surface area contributed by atoms with Crippen LogP contribution in [-0.4, -0.2) is 40.9 Å². The maximum atomic E-state index is 11.4. The van der Waals surface area contributed by atoms with Gasteiger partial charge in [-0.25, -0.2) is 0 Å². The van der Waals surface area contributed by atoms with Gasteiger partial charge in [0.15, 0.2) is 0 Å². The molecule has 146 valence electrons. The van der Waals surface area contributed by atoms with Crippen molar-refractivity contribution >= 4 is 11.8 Å². The predicted molar refractivity (Wildman–Crippen MR) is 107 cm³/mol. The first kappa shape index (κ1) is 22.2. The number of hydrogen-bond acceptors (Lipinski definition) is 3. The molecule has 0 saturated carbocycles. The van der Waals surface area contributed by atoms with Gasteiger partial charge in [0.1, 0.15) is 0 Å². The van der Waals surface area contributed by atoms with Crippen LogP contribution in [0.4, 0.5) is 0 Å². The predicted octanol–water partition coefficient (Wildman–Crippen LogP) is 3.10. The Balaban J connectivity index is 2.72. The van der Waals surface area contributed by atoms with Crippen LogP contribution < -0.4 is 10.6 Å². The Bertz CT molecular complexity index is 550. The summed E-state index contributed by atoms with van der Waals surface area (Å²) in [6.45, 7) is 13.9. The van der Waals surface area contributed by atoms with Gasteiger partial charge >= 0.3 is 0 Å². The van der Waals surface area contributed by atoms with Gasteiger partial charge in [-0.3, -0.25) is 14.5 Å². The van der Waals surface area contributed by atoms with E-state index < -0.39 is 0 Å². The molecule has 1 aromatic carbocycles. The number of nitrogens with zero attached hydrogens (tertiary/aromatic N) is 1. The number of rotatable bonds is 10. The van der Waals surface area contributed by atoms with Crippen molar-refractivity contribution in [2.24, 2.45) is 0 Å². The van der Waals surface area contributed by atoms with Gasteiger partial charge in [-0.15, -0.1) is 0 Å². The molecule has 26 heavy (non-hydrogen) atoms. The van der Waals surface area contributed by atoms with Crippen LogP contribution in [-0.2, 0) is 16.1 Å². The van der Waals surface area contributed by atoms with Crippen LogP contribution in [0.2, 0.25) is 0 Å². The topological polar surface area (TPSA) is 61.4 Å². The summed E-state index contributed by atoms with van der Waals surface area (Å²) >= 11 is 0. The van der Waals surface area contributed by atoms with E-state index in [2.05, 4.69) is 67.5 Å². The van der Waals surface area contributed by atoms with E-state index in [0.29, 0.717) is 0 Å². The third-order valence-electron chi connectivity index (χ3n) is 4.38. The second kappa shape index (κ2) is 9.72. The molecule has 0 aliphatic rings. The van der Waals surface area contributed by atoms with Gasteiger partial charge in [-0.1, -0.05) is 30.3 Å². The van der Waals surface area contributed by atoms with Crippen molar-refractivity contribution in [3.05, 3.63) is 35.9 Å². The maximum absolute atomic E-state index is 11.4. The zero-order chi connectivity index (χ0) is 19.8. The summed E-state index contributed by atoms with van der Waals surface area (Å²) in [5.74, 6) is -0.00667. The molecular formula is C21H35N3O2. The van der Waals surface area contributed by atoms with Gasteiger partial charge in [0.05, 0.1) is 0 Å². The van der Waals surface area contributed by atoms with Gasteiger partial charge in [-0.05, 0) is 46.1 Å². The third kappa shape index (κ3) is 9.56. The van der Waals surface area contributed by atoms with Gasteiger partial charge in [-0.2, -0.15) is 0 Å². The van der Waals surface area contributed by atoms with Crippen LogP contribution in [0, 0.1) is 0 Å². The zero-order valence-electron chi connectivity index (χ0n) is 17.2. The summed E-state index contributed by atoms with van der Waals surface area (Å²) in [4.78, 5) is 25.2. The SMILES string of the molecule is CC(=O)NC(C)(C)CCN(CCC(C)(C)NC(C)=O)Cc1ccccc1. The highest BCUT2D eigenvalue weighted by Gasteiger charge is 2.23. The van der Waals surface area contributed by atoms with Gasteiger partial charge < -0.3 is 10.6 Å². The van der Waals surface area contributed by atoms with Crippen molar-refractivity contribution < 1.29 is 9.59 Å². The molecule has 0 aromatic heterocycles. The molecule has 1 aromatic rings. The molecule has 0 fully saturated rings. The monoisotopic (exact) mass is 361 g/mol. The molecule has 0 aliphatic heterocycles. The highest BCUT2D eigenvalue weighted by atomic mass is 16.2. The Labute approximate surface area is 158 Å². The number of benzene rings is 1. The largest absolute Gasteiger partial charge is 0.351 e. The smallest absolute Gasteiger partial charge is 0.217 e. The van der Waals surface area contributed by atoms with Crippen LogP contribution >= 0.6 is 0 Å². The molecule has 0 aliphatic carbocycles. The number of carbonyl (C=O) groups excluding carboxylic acids is 2. The molecule has 2 N–H and O–H groups in total. The van der Waals surface area contributed by atoms with Gasteiger partial charge in [0.25, 0.3) is 0 Å². The molecule has 1 rings (SSSR count). The molecule has 0 saturated heterocycles. The summed E-state index contributed by atoms with van der Waals surface area (Å²) in [5, 5.41) is 6.03. The number of carbonyl (C=O) groups is 2. The van der Waals surface area contributed by atoms with E-state index in [1.54, 1.807) is 13.8 Å². The minimum atomic E-state index is -0.242. The summed E-state index contributed by atoms with van der Waals surface area (Å²) < 4.78 is 0. The number of nitrogens with one attached hydrogen (secondary N) is 2. The lowest BCUT2D eigenvalue weighted by atomic mass is 9.98. The van der Waals surface area contributed by atoms with E-state index in [0.717, 1.165) is 32.5 Å². The van der Waals surface area contributed by atoms with E-state index in [-0.39, 0.29) is 22.9 Å². The zero-order valence-corrected chi connectivity index (χ0v) is 17.2. The van der Waals surface area contributed by atoms with Crippen molar-refractivity contribution in [3.63, 3.8) is 0 Å². The summed E-state index contributed by atoms with van der Waals surface area (Å²) in [6, 6.07) is 10.4. The van der Waals surface area contributed by atoms with E-state index in [9.17, 15) is 9.59 Å². The Kier molecular flexibility index (Phi) is 8.28. The molecule has 0 heterocycles. The fourth-order valence-corrected chi connectivity index (χ4v) is 3.06. The lowest BCUT2D eigenvalue weighted by Crippen LogP contribution is -2.46. The van der Waals surface area contributed by atoms with Crippen molar-refractivity contribution in [1.82, 2.24) is 15.5 Å². The van der Waals surface area contributed by atoms with Crippen LogP contribution in [0.5, 0.6) is 0 Å². The fraction of sp³-hybridized carbons (Fsp3) is 0.619. The van der Waals surface area contributed by atoms with Crippen LogP contribution in [0.1, 0.15) is 59.9 Å². The van der Waals surface area contributed by atoms with E-state index in [1.165, 1.54) is 5.56 Å². The molecule has 5 heteroatoms. The fourth-order valence-electron chi connectivity index (χ4n) is 3.06. The molecule has 0 spiro atoms. The maximum Gasteiger partial charge on any atom is 0.217 e. The van der Waals surface area contributed by atoms with Crippen molar-refractivity contribution in [2.75, 3.05) is 13.1 Å². The molecule has 5 nitrogen and oxygen atoms in total. The van der Waals surface area contributed by atoms with Crippen molar-refractivity contribution in [2.45, 2.75) is 72.0 Å². The minimum absolute atomic E-state index is 0.00333. The quantitative estimate of drug-likeness (QED) is 0.673. The number of hydrogen-bond donors (Lipinski definition) is 2. The first-order valence-electron chi connectivity index (χ1n) is 9.33. The second-order valence-electron chi connectivity index (χ2n) is 8.39. The molecule has 0 atom stereocenters. The first-order valence-corrected chi connectivity index (χ1v) is 9.33. The highest BCUT2D eigenvalue weighted by Crippen LogP contribution is 2.15. The number of amides is 2. The van der Waals surface area contributed by atoms with Crippen molar-refractivity contribution in [3.8, 4) is 0 Å². The molecule has 2 amide bonds. The van der Waals surface area contributed by atoms with Crippen LogP contribution in [0.15, 0.2) is 30.3 Å². The van der Waals surface area contributed by atoms with Gasteiger partial charge in [0, 0.05) is 44.6 Å². The summed E-state index contributed by atoms with van der Waals surface area (Å²) in [6.07, 6.45) is 1.72. The van der Waals surface area contributed by atoms with Crippen LogP contribution in [0.3, 0.4) is 0 Å². The normalized spacial score (nSPS) is 12.1. The summed E-state index contributed by atoms with van der Waals surface area (Å²) in [5.41, 5.74) is 0.782. The minimum Gasteiger partial charge on any atom is -0.351 e. The lowest BCUT2D eigenvalue weighted by molar-refractivity contribution is -0.121. The Morgan fingerprint density at radius 1 is 0.846 bits per heavy atom. The second-order valence-corrected chi connectivity index (χ2v) is 8.39. The molecule has 0 bridgehead atoms. The third-order valence-corrected chi connectivity index (χ3v) is 4.38. The molecular weight excluding hydrogens is 326 g/mol. The van der Waals surface area contributed by atoms with Crippen LogP contribution in [0.25, 0.3) is 0 Å². The standard InChI is InChI=1S/C21H35N3O2/c1-17(25)22-20(3,4)12-14-24(16-19-10-8-7-9-11-19)15-13-21(5,6)23-18(2)26/h7-11H,12-16H2,1-6H3,(H,22,25)(H,23,26). The Hall–Kier alpha value is -1.88. The lowest BCUT2D eigenvalue weighted by Gasteiger charge is -2.33. The summed E-state index contributed by atoms with van der Waals surface area (Å²) in [7, 11) is 0. The van der Waals surface area contributed by atoms with E-state index in [1.807, 2.05) is 6.07 Å².